The van der Waals surface area contributed by atoms with Crippen LogP contribution in [0, 0.1) is 17.8 Å². The third kappa shape index (κ3) is 1.70. The first kappa shape index (κ1) is 11.4. The van der Waals surface area contributed by atoms with Crippen molar-refractivity contribution in [2.45, 2.75) is 25.3 Å². The Balaban J connectivity index is 1.76. The highest BCUT2D eigenvalue weighted by Crippen LogP contribution is 2.62. The highest BCUT2D eigenvalue weighted by Gasteiger charge is 2.55. The minimum absolute atomic E-state index is 0.480. The molecule has 98 valence electrons. The third-order valence-electron chi connectivity index (χ3n) is 5.20. The molecule has 0 radical (unpaired) electrons. The molecule has 0 amide bonds. The molecule has 2 aromatic rings. The largest absolute Gasteiger partial charge is 0.313 e. The van der Waals surface area contributed by atoms with Gasteiger partial charge < -0.3 is 5.32 Å². The molecule has 1 heterocycles. The van der Waals surface area contributed by atoms with E-state index in [-0.39, 0.29) is 0 Å². The highest BCUT2D eigenvalue weighted by atomic mass is 14.9. The quantitative estimate of drug-likeness (QED) is 0.903. The predicted molar refractivity (Wildman–Crippen MR) is 77.9 cm³/mol. The lowest BCUT2D eigenvalue weighted by molar-refractivity contribution is 0.446. The first-order chi connectivity index (χ1) is 9.40. The molecule has 3 atom stereocenters. The fourth-order valence-corrected chi connectivity index (χ4v) is 4.31. The number of benzene rings is 1. The number of nitrogens with one attached hydrogen (secondary N) is 1. The number of pyridine rings is 1. The van der Waals surface area contributed by atoms with Gasteiger partial charge in [-0.25, -0.2) is 0 Å². The second kappa shape index (κ2) is 4.31. The van der Waals surface area contributed by atoms with E-state index in [9.17, 15) is 0 Å². The van der Waals surface area contributed by atoms with Gasteiger partial charge in [-0.3, -0.25) is 4.98 Å². The molecule has 0 aliphatic heterocycles. The Bertz CT molecular complexity index is 592. The van der Waals surface area contributed by atoms with E-state index in [2.05, 4.69) is 47.8 Å². The molecule has 2 aliphatic carbocycles. The van der Waals surface area contributed by atoms with Gasteiger partial charge in [-0.05, 0) is 48.6 Å². The molecule has 0 bridgehead atoms. The van der Waals surface area contributed by atoms with Crippen LogP contribution in [0.5, 0.6) is 0 Å². The minimum atomic E-state index is 0.480. The Kier molecular flexibility index (Phi) is 2.59. The maximum absolute atomic E-state index is 4.45. The first-order valence-electron chi connectivity index (χ1n) is 7.40. The monoisotopic (exact) mass is 252 g/mol. The van der Waals surface area contributed by atoms with Crippen molar-refractivity contribution >= 4 is 10.8 Å². The van der Waals surface area contributed by atoms with E-state index in [1.54, 1.807) is 0 Å². The van der Waals surface area contributed by atoms with Gasteiger partial charge >= 0.3 is 0 Å². The van der Waals surface area contributed by atoms with Gasteiger partial charge in [0.25, 0.3) is 0 Å². The normalized spacial score (nSPS) is 30.3. The minimum Gasteiger partial charge on any atom is -0.313 e. The maximum Gasteiger partial charge on any atom is 0.0373 e. The zero-order chi connectivity index (χ0) is 12.8. The standard InChI is InChI=1S/C17H20N2/c1-18-17(16-13-7-4-8-14(13)16)15-10-19-9-11-5-2-3-6-12(11)15/h2-3,5-6,9-10,13-14,16-18H,4,7-8H2,1H3. The predicted octanol–water partition coefficient (Wildman–Crippen LogP) is 3.54. The van der Waals surface area contributed by atoms with Crippen LogP contribution in [0.4, 0.5) is 0 Å². The van der Waals surface area contributed by atoms with Crippen molar-refractivity contribution < 1.29 is 0 Å². The summed E-state index contributed by atoms with van der Waals surface area (Å²) in [5.74, 6) is 2.78. The lowest BCUT2D eigenvalue weighted by atomic mass is 9.94. The van der Waals surface area contributed by atoms with Crippen molar-refractivity contribution in [2.24, 2.45) is 17.8 Å². The highest BCUT2D eigenvalue weighted by molar-refractivity contribution is 5.85. The lowest BCUT2D eigenvalue weighted by Gasteiger charge is -2.20. The fourth-order valence-electron chi connectivity index (χ4n) is 4.31. The number of rotatable bonds is 3. The van der Waals surface area contributed by atoms with Crippen LogP contribution >= 0.6 is 0 Å². The summed E-state index contributed by atoms with van der Waals surface area (Å²) >= 11 is 0. The smallest absolute Gasteiger partial charge is 0.0373 e. The molecule has 2 nitrogen and oxygen atoms in total. The van der Waals surface area contributed by atoms with Gasteiger partial charge in [0.1, 0.15) is 0 Å². The van der Waals surface area contributed by atoms with E-state index in [1.807, 2.05) is 6.20 Å². The molecule has 2 fully saturated rings. The number of hydrogen-bond donors (Lipinski definition) is 1. The summed E-state index contributed by atoms with van der Waals surface area (Å²) in [6, 6.07) is 9.09. The summed E-state index contributed by atoms with van der Waals surface area (Å²) in [5, 5.41) is 6.18. The van der Waals surface area contributed by atoms with Gasteiger partial charge in [-0.15, -0.1) is 0 Å². The van der Waals surface area contributed by atoms with Gasteiger partial charge in [0.15, 0.2) is 0 Å². The number of nitrogens with zero attached hydrogens (tertiary/aromatic N) is 1. The van der Waals surface area contributed by atoms with E-state index < -0.39 is 0 Å². The summed E-state index contributed by atoms with van der Waals surface area (Å²) in [6.45, 7) is 0. The molecule has 2 heteroatoms. The van der Waals surface area contributed by atoms with Crippen LogP contribution in [0.15, 0.2) is 36.7 Å². The molecule has 1 N–H and O–H groups in total. The average molecular weight is 252 g/mol. The Labute approximate surface area is 114 Å². The van der Waals surface area contributed by atoms with E-state index in [1.165, 1.54) is 35.6 Å². The third-order valence-corrected chi connectivity index (χ3v) is 5.20. The summed E-state index contributed by atoms with van der Waals surface area (Å²) in [7, 11) is 2.10. The molecular formula is C17H20N2. The molecule has 1 aromatic carbocycles. The fraction of sp³-hybridized carbons (Fsp3) is 0.471. The SMILES string of the molecule is CNC(c1cncc2ccccc12)C1C2CCCC21. The van der Waals surface area contributed by atoms with Gasteiger partial charge in [0.2, 0.25) is 0 Å². The molecule has 4 rings (SSSR count). The summed E-state index contributed by atoms with van der Waals surface area (Å²) in [6.07, 6.45) is 8.35. The van der Waals surface area contributed by atoms with Crippen molar-refractivity contribution in [2.75, 3.05) is 7.05 Å². The summed E-state index contributed by atoms with van der Waals surface area (Å²) in [4.78, 5) is 4.45. The van der Waals surface area contributed by atoms with Gasteiger partial charge in [-0.1, -0.05) is 30.7 Å². The van der Waals surface area contributed by atoms with E-state index in [0.29, 0.717) is 6.04 Å². The number of fused-ring (bicyclic) bond motifs is 2. The molecule has 0 saturated heterocycles. The summed E-state index contributed by atoms with van der Waals surface area (Å²) in [5.41, 5.74) is 1.39. The Morgan fingerprint density at radius 2 is 1.95 bits per heavy atom. The molecule has 1 aromatic heterocycles. The van der Waals surface area contributed by atoms with Crippen molar-refractivity contribution in [3.63, 3.8) is 0 Å². The molecule has 0 spiro atoms. The Morgan fingerprint density at radius 1 is 1.16 bits per heavy atom. The second-order valence-corrected chi connectivity index (χ2v) is 6.05. The van der Waals surface area contributed by atoms with Crippen LogP contribution in [-0.4, -0.2) is 12.0 Å². The zero-order valence-corrected chi connectivity index (χ0v) is 11.3. The van der Waals surface area contributed by atoms with E-state index >= 15 is 0 Å². The summed E-state index contributed by atoms with van der Waals surface area (Å²) < 4.78 is 0. The maximum atomic E-state index is 4.45. The van der Waals surface area contributed by atoms with Crippen LogP contribution < -0.4 is 5.32 Å². The zero-order valence-electron chi connectivity index (χ0n) is 11.3. The molecule has 19 heavy (non-hydrogen) atoms. The molecule has 2 saturated carbocycles. The van der Waals surface area contributed by atoms with Gasteiger partial charge in [0, 0.05) is 23.8 Å². The Morgan fingerprint density at radius 3 is 2.74 bits per heavy atom. The van der Waals surface area contributed by atoms with Crippen molar-refractivity contribution in [3.05, 3.63) is 42.2 Å². The Hall–Kier alpha value is -1.41. The average Bonchev–Trinajstić information content (AvgIpc) is 2.93. The van der Waals surface area contributed by atoms with Gasteiger partial charge in [-0.2, -0.15) is 0 Å². The second-order valence-electron chi connectivity index (χ2n) is 6.05. The molecular weight excluding hydrogens is 232 g/mol. The lowest BCUT2D eigenvalue weighted by Crippen LogP contribution is -2.21. The van der Waals surface area contributed by atoms with Crippen LogP contribution in [0.25, 0.3) is 10.8 Å². The van der Waals surface area contributed by atoms with Crippen LogP contribution in [-0.2, 0) is 0 Å². The number of hydrogen-bond acceptors (Lipinski definition) is 2. The molecule has 3 unspecified atom stereocenters. The van der Waals surface area contributed by atoms with Crippen LogP contribution in [0.3, 0.4) is 0 Å². The van der Waals surface area contributed by atoms with Crippen molar-refractivity contribution in [1.29, 1.82) is 0 Å². The number of aromatic nitrogens is 1. The van der Waals surface area contributed by atoms with Crippen LogP contribution in [0.1, 0.15) is 30.9 Å². The van der Waals surface area contributed by atoms with Crippen LogP contribution in [0.2, 0.25) is 0 Å². The molecule has 2 aliphatic rings. The van der Waals surface area contributed by atoms with Crippen molar-refractivity contribution in [3.8, 4) is 0 Å². The van der Waals surface area contributed by atoms with Gasteiger partial charge in [0.05, 0.1) is 0 Å². The topological polar surface area (TPSA) is 24.9 Å². The van der Waals surface area contributed by atoms with E-state index in [4.69, 9.17) is 0 Å². The first-order valence-corrected chi connectivity index (χ1v) is 7.40. The van der Waals surface area contributed by atoms with E-state index in [0.717, 1.165) is 17.8 Å². The van der Waals surface area contributed by atoms with Crippen molar-refractivity contribution in [1.82, 2.24) is 10.3 Å².